The van der Waals surface area contributed by atoms with E-state index in [0.29, 0.717) is 28.3 Å². The Morgan fingerprint density at radius 2 is 1.57 bits per heavy atom. The summed E-state index contributed by atoms with van der Waals surface area (Å²) >= 11 is 0. The van der Waals surface area contributed by atoms with Crippen LogP contribution in [0.2, 0.25) is 0 Å². The number of nitrogens with zero attached hydrogens (tertiary/aromatic N) is 1. The molecular formula is C31H27NO5. The molecule has 0 aliphatic carbocycles. The van der Waals surface area contributed by atoms with E-state index in [1.165, 1.54) is 4.90 Å². The van der Waals surface area contributed by atoms with Gasteiger partial charge in [0.15, 0.2) is 0 Å². The molecule has 6 heteroatoms. The summed E-state index contributed by atoms with van der Waals surface area (Å²) in [6.45, 7) is 3.85. The molecule has 0 aromatic heterocycles. The number of hydrogen-bond donors (Lipinski definition) is 1. The Balaban J connectivity index is 1.70. The van der Waals surface area contributed by atoms with Gasteiger partial charge in [-0.2, -0.15) is 0 Å². The molecule has 37 heavy (non-hydrogen) atoms. The van der Waals surface area contributed by atoms with Crippen molar-refractivity contribution in [2.24, 2.45) is 0 Å². The van der Waals surface area contributed by atoms with E-state index in [1.54, 1.807) is 43.5 Å². The third-order valence-electron chi connectivity index (χ3n) is 6.36. The maximum Gasteiger partial charge on any atom is 0.300 e. The number of carbonyl (C=O) groups is 2. The van der Waals surface area contributed by atoms with E-state index in [2.05, 4.69) is 0 Å². The summed E-state index contributed by atoms with van der Waals surface area (Å²) in [5, 5.41) is 13.4. The summed E-state index contributed by atoms with van der Waals surface area (Å²) < 4.78 is 11.1. The van der Waals surface area contributed by atoms with Gasteiger partial charge in [0.2, 0.25) is 0 Å². The zero-order chi connectivity index (χ0) is 26.1. The fourth-order valence-corrected chi connectivity index (χ4v) is 4.68. The van der Waals surface area contributed by atoms with Crippen LogP contribution in [0, 0.1) is 0 Å². The predicted molar refractivity (Wildman–Crippen MR) is 144 cm³/mol. The van der Waals surface area contributed by atoms with E-state index in [1.807, 2.05) is 68.4 Å². The Labute approximate surface area is 215 Å². The third-order valence-corrected chi connectivity index (χ3v) is 6.36. The van der Waals surface area contributed by atoms with Crippen molar-refractivity contribution >= 4 is 33.9 Å². The molecule has 1 N–H and O–H groups in total. The van der Waals surface area contributed by atoms with Crippen molar-refractivity contribution in [1.29, 1.82) is 0 Å². The van der Waals surface area contributed by atoms with Crippen molar-refractivity contribution in [3.05, 3.63) is 108 Å². The standard InChI is InChI=1S/C31H27NO5/c1-19(2)37-26-10-6-9-22(18-26)28-27(29(33)23-12-11-20-7-4-5-8-21(20)17-23)30(34)31(35)32(28)24-13-15-25(36-3)16-14-24/h4-19,28,33H,1-3H3/b29-27-. The number of methoxy groups -OCH3 is 1. The van der Waals surface area contributed by atoms with Gasteiger partial charge in [-0.25, -0.2) is 0 Å². The maximum atomic E-state index is 13.5. The highest BCUT2D eigenvalue weighted by Gasteiger charge is 2.47. The molecule has 1 saturated heterocycles. The van der Waals surface area contributed by atoms with Crippen LogP contribution < -0.4 is 14.4 Å². The van der Waals surface area contributed by atoms with Gasteiger partial charge in [0.25, 0.3) is 11.7 Å². The molecule has 1 aliphatic heterocycles. The Hall–Kier alpha value is -4.58. The Morgan fingerprint density at radius 1 is 0.838 bits per heavy atom. The van der Waals surface area contributed by atoms with E-state index in [9.17, 15) is 14.7 Å². The summed E-state index contributed by atoms with van der Waals surface area (Å²) in [5.74, 6) is -0.450. The summed E-state index contributed by atoms with van der Waals surface area (Å²) in [7, 11) is 1.56. The zero-order valence-corrected chi connectivity index (χ0v) is 20.8. The Bertz CT molecular complexity index is 1520. The van der Waals surface area contributed by atoms with Crippen LogP contribution in [0.3, 0.4) is 0 Å². The Morgan fingerprint density at radius 3 is 2.27 bits per heavy atom. The molecule has 0 spiro atoms. The molecule has 186 valence electrons. The summed E-state index contributed by atoms with van der Waals surface area (Å²) in [6.07, 6.45) is -0.0548. The molecule has 1 unspecified atom stereocenters. The summed E-state index contributed by atoms with van der Waals surface area (Å²) in [4.78, 5) is 28.3. The van der Waals surface area contributed by atoms with E-state index in [4.69, 9.17) is 9.47 Å². The fourth-order valence-electron chi connectivity index (χ4n) is 4.68. The van der Waals surface area contributed by atoms with Crippen molar-refractivity contribution in [1.82, 2.24) is 0 Å². The van der Waals surface area contributed by atoms with Crippen LogP contribution in [-0.4, -0.2) is 30.0 Å². The monoisotopic (exact) mass is 493 g/mol. The maximum absolute atomic E-state index is 13.5. The number of aliphatic hydroxyl groups excluding tert-OH is 1. The van der Waals surface area contributed by atoms with Gasteiger partial charge in [0.05, 0.1) is 24.8 Å². The number of fused-ring (bicyclic) bond motifs is 1. The van der Waals surface area contributed by atoms with Crippen molar-refractivity contribution in [2.45, 2.75) is 26.0 Å². The number of carbonyl (C=O) groups excluding carboxylic acids is 2. The number of amides is 1. The smallest absolute Gasteiger partial charge is 0.300 e. The lowest BCUT2D eigenvalue weighted by Crippen LogP contribution is -2.29. The molecule has 4 aromatic rings. The van der Waals surface area contributed by atoms with Crippen LogP contribution in [-0.2, 0) is 9.59 Å². The molecule has 1 amide bonds. The number of ketones is 1. The first-order valence-corrected chi connectivity index (χ1v) is 12.1. The van der Waals surface area contributed by atoms with Gasteiger partial charge in [-0.3, -0.25) is 14.5 Å². The van der Waals surface area contributed by atoms with E-state index in [-0.39, 0.29) is 17.4 Å². The average Bonchev–Trinajstić information content (AvgIpc) is 3.18. The molecule has 0 saturated carbocycles. The highest BCUT2D eigenvalue weighted by atomic mass is 16.5. The number of rotatable bonds is 6. The Kier molecular flexibility index (Phi) is 6.40. The van der Waals surface area contributed by atoms with E-state index in [0.717, 1.165) is 10.8 Å². The minimum atomic E-state index is -0.851. The van der Waals surface area contributed by atoms with Crippen LogP contribution in [0.4, 0.5) is 5.69 Å². The highest BCUT2D eigenvalue weighted by molar-refractivity contribution is 6.51. The minimum absolute atomic E-state index is 0.0257. The normalized spacial score (nSPS) is 17.0. The van der Waals surface area contributed by atoms with Crippen LogP contribution >= 0.6 is 0 Å². The third kappa shape index (κ3) is 4.54. The van der Waals surface area contributed by atoms with Gasteiger partial charge < -0.3 is 14.6 Å². The second kappa shape index (κ2) is 9.82. The SMILES string of the molecule is COc1ccc(N2C(=O)C(=O)/C(=C(\O)c3ccc4ccccc4c3)C2c2cccc(OC(C)C)c2)cc1. The van der Waals surface area contributed by atoms with Gasteiger partial charge in [-0.15, -0.1) is 0 Å². The lowest BCUT2D eigenvalue weighted by Gasteiger charge is -2.26. The van der Waals surface area contributed by atoms with Crippen molar-refractivity contribution in [3.8, 4) is 11.5 Å². The molecule has 0 bridgehead atoms. The van der Waals surface area contributed by atoms with Crippen LogP contribution in [0.5, 0.6) is 11.5 Å². The number of anilines is 1. The molecule has 1 fully saturated rings. The number of aliphatic hydroxyl groups is 1. The molecule has 1 heterocycles. The topological polar surface area (TPSA) is 76.1 Å². The van der Waals surface area contributed by atoms with Crippen LogP contribution in [0.25, 0.3) is 16.5 Å². The molecule has 1 aliphatic rings. The predicted octanol–water partition coefficient (Wildman–Crippen LogP) is 6.26. The molecule has 5 rings (SSSR count). The van der Waals surface area contributed by atoms with Crippen molar-refractivity contribution in [2.75, 3.05) is 12.0 Å². The number of benzene rings is 4. The first-order chi connectivity index (χ1) is 17.9. The zero-order valence-electron chi connectivity index (χ0n) is 20.8. The summed E-state index contributed by atoms with van der Waals surface area (Å²) in [6, 6.07) is 26.6. The van der Waals surface area contributed by atoms with Gasteiger partial charge in [-0.1, -0.05) is 48.5 Å². The lowest BCUT2D eigenvalue weighted by molar-refractivity contribution is -0.132. The second-order valence-electron chi connectivity index (χ2n) is 9.17. The second-order valence-corrected chi connectivity index (χ2v) is 9.17. The number of ether oxygens (including phenoxy) is 2. The van der Waals surface area contributed by atoms with Crippen LogP contribution in [0.15, 0.2) is 96.6 Å². The molecule has 0 radical (unpaired) electrons. The minimum Gasteiger partial charge on any atom is -0.507 e. The van der Waals surface area contributed by atoms with Crippen LogP contribution in [0.1, 0.15) is 31.0 Å². The molecular weight excluding hydrogens is 466 g/mol. The van der Waals surface area contributed by atoms with Gasteiger partial charge in [0, 0.05) is 11.3 Å². The van der Waals surface area contributed by atoms with Gasteiger partial charge in [0.1, 0.15) is 17.3 Å². The molecule has 1 atom stereocenters. The average molecular weight is 494 g/mol. The van der Waals surface area contributed by atoms with Gasteiger partial charge >= 0.3 is 0 Å². The lowest BCUT2D eigenvalue weighted by atomic mass is 9.94. The fraction of sp³-hybridized carbons (Fsp3) is 0.161. The quantitative estimate of drug-likeness (QED) is 0.195. The molecule has 4 aromatic carbocycles. The largest absolute Gasteiger partial charge is 0.507 e. The first-order valence-electron chi connectivity index (χ1n) is 12.1. The number of hydrogen-bond acceptors (Lipinski definition) is 5. The molecule has 6 nitrogen and oxygen atoms in total. The summed E-state index contributed by atoms with van der Waals surface area (Å²) in [5.41, 5.74) is 1.65. The van der Waals surface area contributed by atoms with Crippen molar-refractivity contribution < 1.29 is 24.2 Å². The highest BCUT2D eigenvalue weighted by Crippen LogP contribution is 2.43. The number of Topliss-reactive ketones (excluding diaryl/α,β-unsaturated/α-hetero) is 1. The van der Waals surface area contributed by atoms with E-state index >= 15 is 0 Å². The van der Waals surface area contributed by atoms with Crippen molar-refractivity contribution in [3.63, 3.8) is 0 Å². The first kappa shape index (κ1) is 24.1. The van der Waals surface area contributed by atoms with Gasteiger partial charge in [-0.05, 0) is 72.6 Å². The van der Waals surface area contributed by atoms with E-state index < -0.39 is 17.7 Å².